The summed E-state index contributed by atoms with van der Waals surface area (Å²) in [7, 11) is 0. The lowest BCUT2D eigenvalue weighted by atomic mass is 9.81. The minimum atomic E-state index is 0.547. The zero-order chi connectivity index (χ0) is 14.1. The van der Waals surface area contributed by atoms with Gasteiger partial charge < -0.3 is 5.32 Å². The molecule has 0 amide bonds. The highest BCUT2D eigenvalue weighted by Crippen LogP contribution is 2.50. The molecule has 2 saturated carbocycles. The maximum absolute atomic E-state index is 6.36. The lowest BCUT2D eigenvalue weighted by Crippen LogP contribution is -2.40. The lowest BCUT2D eigenvalue weighted by molar-refractivity contribution is 0.249. The van der Waals surface area contributed by atoms with Crippen LogP contribution in [0.2, 0.25) is 10.0 Å². The van der Waals surface area contributed by atoms with E-state index in [0.717, 1.165) is 35.7 Å². The van der Waals surface area contributed by atoms with E-state index in [-0.39, 0.29) is 0 Å². The molecule has 0 aromatic heterocycles. The molecule has 2 fully saturated rings. The van der Waals surface area contributed by atoms with Crippen LogP contribution in [-0.2, 0) is 6.42 Å². The van der Waals surface area contributed by atoms with Gasteiger partial charge in [-0.1, -0.05) is 48.7 Å². The van der Waals surface area contributed by atoms with Crippen LogP contribution in [0.25, 0.3) is 0 Å². The molecule has 1 aromatic rings. The van der Waals surface area contributed by atoms with E-state index in [4.69, 9.17) is 23.2 Å². The summed E-state index contributed by atoms with van der Waals surface area (Å²) in [5.74, 6) is 2.74. The van der Waals surface area contributed by atoms with Gasteiger partial charge in [-0.2, -0.15) is 0 Å². The van der Waals surface area contributed by atoms with Gasteiger partial charge >= 0.3 is 0 Å². The summed E-state index contributed by atoms with van der Waals surface area (Å²) in [6.07, 6.45) is 6.75. The zero-order valence-electron chi connectivity index (χ0n) is 12.0. The SMILES string of the molecule is CCNC(Cc1cccc(Cl)c1Cl)C1CC2CCC1C2. The number of hydrogen-bond acceptors (Lipinski definition) is 1. The largest absolute Gasteiger partial charge is 0.314 e. The van der Waals surface area contributed by atoms with Gasteiger partial charge in [-0.05, 0) is 61.6 Å². The highest BCUT2D eigenvalue weighted by atomic mass is 35.5. The van der Waals surface area contributed by atoms with E-state index in [1.54, 1.807) is 0 Å². The fourth-order valence-corrected chi connectivity index (χ4v) is 4.76. The molecule has 1 nitrogen and oxygen atoms in total. The zero-order valence-corrected chi connectivity index (χ0v) is 13.6. The standard InChI is InChI=1S/C17H23Cl2N/c1-2-20-16(14-9-11-6-7-12(14)8-11)10-13-4-3-5-15(18)17(13)19/h3-5,11-12,14,16,20H,2,6-10H2,1H3. The second-order valence-electron chi connectivity index (χ2n) is 6.42. The van der Waals surface area contributed by atoms with E-state index in [9.17, 15) is 0 Å². The molecule has 2 bridgehead atoms. The van der Waals surface area contributed by atoms with Gasteiger partial charge in [0, 0.05) is 6.04 Å². The van der Waals surface area contributed by atoms with E-state index in [1.807, 2.05) is 12.1 Å². The summed E-state index contributed by atoms with van der Waals surface area (Å²) in [5, 5.41) is 5.11. The third kappa shape index (κ3) is 2.86. The first-order valence-electron chi connectivity index (χ1n) is 7.85. The Balaban J connectivity index is 1.76. The van der Waals surface area contributed by atoms with Crippen LogP contribution in [0.4, 0.5) is 0 Å². The van der Waals surface area contributed by atoms with Crippen molar-refractivity contribution in [3.63, 3.8) is 0 Å². The summed E-state index contributed by atoms with van der Waals surface area (Å²) >= 11 is 12.5. The van der Waals surface area contributed by atoms with Crippen molar-refractivity contribution >= 4 is 23.2 Å². The van der Waals surface area contributed by atoms with Crippen molar-refractivity contribution in [3.8, 4) is 0 Å². The summed E-state index contributed by atoms with van der Waals surface area (Å²) < 4.78 is 0. The second kappa shape index (κ2) is 6.25. The summed E-state index contributed by atoms with van der Waals surface area (Å²) in [6.45, 7) is 3.22. The van der Waals surface area contributed by atoms with Crippen molar-refractivity contribution in [3.05, 3.63) is 33.8 Å². The predicted molar refractivity (Wildman–Crippen MR) is 86.6 cm³/mol. The van der Waals surface area contributed by atoms with Crippen LogP contribution in [-0.4, -0.2) is 12.6 Å². The topological polar surface area (TPSA) is 12.0 Å². The van der Waals surface area contributed by atoms with Crippen LogP contribution in [0.5, 0.6) is 0 Å². The Labute approximate surface area is 132 Å². The van der Waals surface area contributed by atoms with Crippen molar-refractivity contribution < 1.29 is 0 Å². The van der Waals surface area contributed by atoms with Gasteiger partial charge in [0.05, 0.1) is 10.0 Å². The first-order chi connectivity index (χ1) is 9.69. The van der Waals surface area contributed by atoms with Gasteiger partial charge in [0.15, 0.2) is 0 Å². The van der Waals surface area contributed by atoms with Crippen LogP contribution in [0.1, 0.15) is 38.2 Å². The molecule has 0 spiro atoms. The lowest BCUT2D eigenvalue weighted by Gasteiger charge is -2.31. The van der Waals surface area contributed by atoms with Crippen molar-refractivity contribution in [2.24, 2.45) is 17.8 Å². The third-order valence-electron chi connectivity index (χ3n) is 5.25. The van der Waals surface area contributed by atoms with Gasteiger partial charge in [0.25, 0.3) is 0 Å². The molecule has 110 valence electrons. The summed E-state index contributed by atoms with van der Waals surface area (Å²) in [5.41, 5.74) is 1.19. The Morgan fingerprint density at radius 2 is 2.10 bits per heavy atom. The van der Waals surface area contributed by atoms with Crippen LogP contribution in [0.15, 0.2) is 18.2 Å². The molecule has 0 radical (unpaired) electrons. The van der Waals surface area contributed by atoms with Gasteiger partial charge in [-0.3, -0.25) is 0 Å². The van der Waals surface area contributed by atoms with E-state index in [1.165, 1.54) is 31.2 Å². The number of likely N-dealkylation sites (N-methyl/N-ethyl adjacent to an activating group) is 1. The van der Waals surface area contributed by atoms with E-state index >= 15 is 0 Å². The fraction of sp³-hybridized carbons (Fsp3) is 0.647. The quantitative estimate of drug-likeness (QED) is 0.811. The molecular formula is C17H23Cl2N. The highest BCUT2D eigenvalue weighted by Gasteiger charge is 2.42. The molecule has 0 heterocycles. The third-order valence-corrected chi connectivity index (χ3v) is 6.11. The maximum atomic E-state index is 6.36. The summed E-state index contributed by atoms with van der Waals surface area (Å²) in [6, 6.07) is 6.54. The predicted octanol–water partition coefficient (Wildman–Crippen LogP) is 4.95. The Kier molecular flexibility index (Phi) is 4.59. The van der Waals surface area contributed by atoms with E-state index < -0.39 is 0 Å². The highest BCUT2D eigenvalue weighted by molar-refractivity contribution is 6.42. The van der Waals surface area contributed by atoms with Crippen LogP contribution >= 0.6 is 23.2 Å². The monoisotopic (exact) mass is 311 g/mol. The van der Waals surface area contributed by atoms with Gasteiger partial charge in [0.1, 0.15) is 0 Å². The molecule has 0 aliphatic heterocycles. The molecule has 2 aliphatic carbocycles. The number of hydrogen-bond donors (Lipinski definition) is 1. The van der Waals surface area contributed by atoms with Gasteiger partial charge in [-0.15, -0.1) is 0 Å². The van der Waals surface area contributed by atoms with Gasteiger partial charge in [-0.25, -0.2) is 0 Å². The Bertz CT molecular complexity index is 474. The molecule has 1 N–H and O–H groups in total. The summed E-state index contributed by atoms with van der Waals surface area (Å²) in [4.78, 5) is 0. The number of halogens is 2. The van der Waals surface area contributed by atoms with E-state index in [0.29, 0.717) is 11.1 Å². The number of rotatable bonds is 5. The average Bonchev–Trinajstić information content (AvgIpc) is 3.05. The molecule has 0 saturated heterocycles. The molecular weight excluding hydrogens is 289 g/mol. The first kappa shape index (κ1) is 14.7. The second-order valence-corrected chi connectivity index (χ2v) is 7.21. The molecule has 2 aliphatic rings. The first-order valence-corrected chi connectivity index (χ1v) is 8.61. The average molecular weight is 312 g/mol. The van der Waals surface area contributed by atoms with Crippen LogP contribution in [0, 0.1) is 17.8 Å². The van der Waals surface area contributed by atoms with Crippen molar-refractivity contribution in [2.45, 2.75) is 45.1 Å². The van der Waals surface area contributed by atoms with Crippen molar-refractivity contribution in [1.82, 2.24) is 5.32 Å². The smallest absolute Gasteiger partial charge is 0.0624 e. The molecule has 4 unspecified atom stereocenters. The molecule has 4 atom stereocenters. The minimum absolute atomic E-state index is 0.547. The Hall–Kier alpha value is -0.240. The molecule has 3 rings (SSSR count). The number of nitrogens with one attached hydrogen (secondary N) is 1. The number of fused-ring (bicyclic) bond motifs is 2. The van der Waals surface area contributed by atoms with Crippen LogP contribution < -0.4 is 5.32 Å². The Morgan fingerprint density at radius 1 is 1.25 bits per heavy atom. The van der Waals surface area contributed by atoms with Crippen molar-refractivity contribution in [1.29, 1.82) is 0 Å². The number of benzene rings is 1. The molecule has 3 heteroatoms. The maximum Gasteiger partial charge on any atom is 0.0624 e. The van der Waals surface area contributed by atoms with Crippen LogP contribution in [0.3, 0.4) is 0 Å². The molecule has 1 aromatic carbocycles. The minimum Gasteiger partial charge on any atom is -0.314 e. The van der Waals surface area contributed by atoms with Crippen molar-refractivity contribution in [2.75, 3.05) is 6.54 Å². The van der Waals surface area contributed by atoms with E-state index in [2.05, 4.69) is 18.3 Å². The molecule has 20 heavy (non-hydrogen) atoms. The fourth-order valence-electron chi connectivity index (χ4n) is 4.37. The van der Waals surface area contributed by atoms with Gasteiger partial charge in [0.2, 0.25) is 0 Å². The Morgan fingerprint density at radius 3 is 2.75 bits per heavy atom. The normalized spacial score (nSPS) is 29.9.